The standard InChI is InChI=1S/C17H32N2O/c1-5-17(13-18,19-14(2)3)11-8-12-20-16-10-7-6-9-15(16)4/h14-16,19H,5-12H2,1-4H3. The van der Waals surface area contributed by atoms with Gasteiger partial charge >= 0.3 is 0 Å². The number of rotatable bonds is 8. The predicted molar refractivity (Wildman–Crippen MR) is 83.5 cm³/mol. The molecule has 0 aromatic rings. The van der Waals surface area contributed by atoms with Gasteiger partial charge < -0.3 is 4.74 Å². The van der Waals surface area contributed by atoms with E-state index in [-0.39, 0.29) is 5.54 Å². The third-order valence-electron chi connectivity index (χ3n) is 4.50. The van der Waals surface area contributed by atoms with Crippen molar-refractivity contribution in [3.8, 4) is 6.07 Å². The van der Waals surface area contributed by atoms with E-state index in [9.17, 15) is 5.26 Å². The topological polar surface area (TPSA) is 45.0 Å². The van der Waals surface area contributed by atoms with Crippen LogP contribution >= 0.6 is 0 Å². The molecule has 20 heavy (non-hydrogen) atoms. The smallest absolute Gasteiger partial charge is 0.106 e. The third kappa shape index (κ3) is 5.42. The maximum atomic E-state index is 9.46. The Balaban J connectivity index is 2.32. The largest absolute Gasteiger partial charge is 0.378 e. The maximum absolute atomic E-state index is 9.46. The molecule has 0 heterocycles. The molecule has 3 atom stereocenters. The monoisotopic (exact) mass is 280 g/mol. The van der Waals surface area contributed by atoms with Gasteiger partial charge in [-0.05, 0) is 51.9 Å². The molecule has 0 spiro atoms. The fraction of sp³-hybridized carbons (Fsp3) is 0.941. The predicted octanol–water partition coefficient (Wildman–Crippen LogP) is 4.03. The van der Waals surface area contributed by atoms with Crippen molar-refractivity contribution in [1.29, 1.82) is 5.26 Å². The molecule has 1 saturated carbocycles. The summed E-state index contributed by atoms with van der Waals surface area (Å²) in [5.41, 5.74) is -0.379. The summed E-state index contributed by atoms with van der Waals surface area (Å²) in [5, 5.41) is 12.9. The summed E-state index contributed by atoms with van der Waals surface area (Å²) in [6, 6.07) is 2.82. The second-order valence-electron chi connectivity index (χ2n) is 6.62. The SMILES string of the molecule is CCC(C#N)(CCCOC1CCCCC1C)NC(C)C. The summed E-state index contributed by atoms with van der Waals surface area (Å²) in [7, 11) is 0. The first kappa shape index (κ1) is 17.5. The molecule has 1 aliphatic rings. The van der Waals surface area contributed by atoms with E-state index in [4.69, 9.17) is 4.74 Å². The van der Waals surface area contributed by atoms with Crippen LogP contribution in [0.5, 0.6) is 0 Å². The fourth-order valence-corrected chi connectivity index (χ4v) is 3.21. The highest BCUT2D eigenvalue weighted by Gasteiger charge is 2.28. The molecule has 3 nitrogen and oxygen atoms in total. The van der Waals surface area contributed by atoms with Gasteiger partial charge in [0.25, 0.3) is 0 Å². The van der Waals surface area contributed by atoms with E-state index in [1.165, 1.54) is 25.7 Å². The lowest BCUT2D eigenvalue weighted by Gasteiger charge is -2.31. The Kier molecular flexibility index (Phi) is 7.55. The van der Waals surface area contributed by atoms with Crippen molar-refractivity contribution in [3.63, 3.8) is 0 Å². The van der Waals surface area contributed by atoms with Crippen LogP contribution in [0.3, 0.4) is 0 Å². The van der Waals surface area contributed by atoms with E-state index in [1.54, 1.807) is 0 Å². The van der Waals surface area contributed by atoms with Crippen LogP contribution in [-0.4, -0.2) is 24.3 Å². The van der Waals surface area contributed by atoms with E-state index >= 15 is 0 Å². The summed E-state index contributed by atoms with van der Waals surface area (Å²) in [4.78, 5) is 0. The molecule has 116 valence electrons. The Bertz CT molecular complexity index is 311. The minimum absolute atomic E-state index is 0.342. The van der Waals surface area contributed by atoms with E-state index < -0.39 is 0 Å². The minimum Gasteiger partial charge on any atom is -0.378 e. The Labute approximate surface area is 125 Å². The van der Waals surface area contributed by atoms with Gasteiger partial charge in [-0.15, -0.1) is 0 Å². The summed E-state index contributed by atoms with van der Waals surface area (Å²) < 4.78 is 6.05. The average molecular weight is 280 g/mol. The van der Waals surface area contributed by atoms with Crippen LogP contribution in [0.15, 0.2) is 0 Å². The second-order valence-corrected chi connectivity index (χ2v) is 6.62. The molecular formula is C17H32N2O. The van der Waals surface area contributed by atoms with Crippen LogP contribution in [0, 0.1) is 17.2 Å². The molecule has 0 amide bonds. The van der Waals surface area contributed by atoms with Crippen LogP contribution < -0.4 is 5.32 Å². The fourth-order valence-electron chi connectivity index (χ4n) is 3.21. The lowest BCUT2D eigenvalue weighted by Crippen LogP contribution is -2.47. The summed E-state index contributed by atoms with van der Waals surface area (Å²) in [6.45, 7) is 9.38. The van der Waals surface area contributed by atoms with E-state index in [0.29, 0.717) is 18.1 Å². The van der Waals surface area contributed by atoms with Crippen LogP contribution in [0.2, 0.25) is 0 Å². The summed E-state index contributed by atoms with van der Waals surface area (Å²) in [6.07, 6.45) is 8.30. The van der Waals surface area contributed by atoms with E-state index in [2.05, 4.69) is 39.1 Å². The van der Waals surface area contributed by atoms with Gasteiger partial charge in [0.15, 0.2) is 0 Å². The van der Waals surface area contributed by atoms with Gasteiger partial charge in [-0.1, -0.05) is 26.7 Å². The minimum atomic E-state index is -0.379. The Morgan fingerprint density at radius 2 is 2.05 bits per heavy atom. The van der Waals surface area contributed by atoms with Crippen LogP contribution in [0.4, 0.5) is 0 Å². The Hall–Kier alpha value is -0.590. The van der Waals surface area contributed by atoms with Gasteiger partial charge in [0.2, 0.25) is 0 Å². The molecule has 0 aromatic carbocycles. The second kappa shape index (κ2) is 8.64. The highest BCUT2D eigenvalue weighted by molar-refractivity contribution is 5.06. The molecule has 0 aliphatic heterocycles. The van der Waals surface area contributed by atoms with E-state index in [1.807, 2.05) is 0 Å². The zero-order chi connectivity index (χ0) is 15.0. The van der Waals surface area contributed by atoms with Crippen molar-refractivity contribution >= 4 is 0 Å². The van der Waals surface area contributed by atoms with Crippen molar-refractivity contribution in [2.24, 2.45) is 5.92 Å². The van der Waals surface area contributed by atoms with Gasteiger partial charge in [-0.3, -0.25) is 5.32 Å². The lowest BCUT2D eigenvalue weighted by atomic mass is 9.88. The Morgan fingerprint density at radius 1 is 1.35 bits per heavy atom. The average Bonchev–Trinajstić information content (AvgIpc) is 2.43. The molecule has 0 radical (unpaired) electrons. The summed E-state index contributed by atoms with van der Waals surface area (Å²) >= 11 is 0. The first-order chi connectivity index (χ1) is 9.53. The lowest BCUT2D eigenvalue weighted by molar-refractivity contribution is -0.00797. The van der Waals surface area contributed by atoms with Crippen molar-refractivity contribution in [2.45, 2.75) is 90.3 Å². The Morgan fingerprint density at radius 3 is 2.60 bits per heavy atom. The van der Waals surface area contributed by atoms with Gasteiger partial charge in [0.05, 0.1) is 12.2 Å². The zero-order valence-electron chi connectivity index (χ0n) is 13.7. The maximum Gasteiger partial charge on any atom is 0.106 e. The number of ether oxygens (including phenoxy) is 1. The molecular weight excluding hydrogens is 248 g/mol. The normalized spacial score (nSPS) is 26.2. The van der Waals surface area contributed by atoms with Crippen LogP contribution in [-0.2, 0) is 4.74 Å². The van der Waals surface area contributed by atoms with Gasteiger partial charge in [0, 0.05) is 12.6 Å². The molecule has 0 aromatic heterocycles. The number of hydrogen-bond donors (Lipinski definition) is 1. The quantitative estimate of drug-likeness (QED) is 0.683. The van der Waals surface area contributed by atoms with Gasteiger partial charge in [-0.2, -0.15) is 5.26 Å². The van der Waals surface area contributed by atoms with Gasteiger partial charge in [-0.25, -0.2) is 0 Å². The molecule has 1 N–H and O–H groups in total. The van der Waals surface area contributed by atoms with E-state index in [0.717, 1.165) is 25.9 Å². The molecule has 0 bridgehead atoms. The number of hydrogen-bond acceptors (Lipinski definition) is 3. The van der Waals surface area contributed by atoms with Crippen molar-refractivity contribution < 1.29 is 4.74 Å². The highest BCUT2D eigenvalue weighted by Crippen LogP contribution is 2.27. The molecule has 1 rings (SSSR count). The molecule has 3 heteroatoms. The van der Waals surface area contributed by atoms with Crippen molar-refractivity contribution in [3.05, 3.63) is 0 Å². The van der Waals surface area contributed by atoms with Crippen molar-refractivity contribution in [1.82, 2.24) is 5.32 Å². The van der Waals surface area contributed by atoms with Crippen LogP contribution in [0.1, 0.15) is 72.6 Å². The summed E-state index contributed by atoms with van der Waals surface area (Å²) in [5.74, 6) is 0.699. The van der Waals surface area contributed by atoms with Crippen molar-refractivity contribution in [2.75, 3.05) is 6.61 Å². The van der Waals surface area contributed by atoms with Gasteiger partial charge in [0.1, 0.15) is 5.54 Å². The molecule has 1 aliphatic carbocycles. The zero-order valence-corrected chi connectivity index (χ0v) is 13.7. The first-order valence-electron chi connectivity index (χ1n) is 8.33. The highest BCUT2D eigenvalue weighted by atomic mass is 16.5. The van der Waals surface area contributed by atoms with Crippen LogP contribution in [0.25, 0.3) is 0 Å². The third-order valence-corrected chi connectivity index (χ3v) is 4.50. The molecule has 3 unspecified atom stereocenters. The number of nitrogens with zero attached hydrogens (tertiary/aromatic N) is 1. The number of nitrogens with one attached hydrogen (secondary N) is 1. The molecule has 0 saturated heterocycles. The molecule has 1 fully saturated rings. The number of nitriles is 1. The first-order valence-corrected chi connectivity index (χ1v) is 8.33.